The lowest BCUT2D eigenvalue weighted by molar-refractivity contribution is 0.0949. The van der Waals surface area contributed by atoms with E-state index in [2.05, 4.69) is 34.4 Å². The van der Waals surface area contributed by atoms with Crippen LogP contribution in [-0.4, -0.2) is 38.1 Å². The summed E-state index contributed by atoms with van der Waals surface area (Å²) in [6.07, 6.45) is 0.863. The highest BCUT2D eigenvalue weighted by Gasteiger charge is 2.08. The van der Waals surface area contributed by atoms with Crippen LogP contribution in [0.25, 0.3) is 10.9 Å². The fraction of sp³-hybridized carbons (Fsp3) is 0.238. The van der Waals surface area contributed by atoms with Gasteiger partial charge in [-0.25, -0.2) is 4.98 Å². The van der Waals surface area contributed by atoms with E-state index in [4.69, 9.17) is 4.74 Å². The monoisotopic (exact) mass is 349 g/mol. The molecule has 0 fully saturated rings. The van der Waals surface area contributed by atoms with E-state index >= 15 is 0 Å². The number of nitrogens with zero attached hydrogens (tertiary/aromatic N) is 2. The minimum absolute atomic E-state index is 0.148. The molecule has 0 aliphatic carbocycles. The second-order valence-corrected chi connectivity index (χ2v) is 6.12. The van der Waals surface area contributed by atoms with Crippen molar-refractivity contribution in [2.24, 2.45) is 0 Å². The molecule has 0 saturated heterocycles. The van der Waals surface area contributed by atoms with Crippen LogP contribution >= 0.6 is 0 Å². The Bertz CT molecular complexity index is 881. The molecule has 0 saturated carbocycles. The Morgan fingerprint density at radius 2 is 1.92 bits per heavy atom. The Kier molecular flexibility index (Phi) is 5.69. The van der Waals surface area contributed by atoms with Gasteiger partial charge in [-0.3, -0.25) is 4.79 Å². The van der Waals surface area contributed by atoms with E-state index in [0.29, 0.717) is 12.2 Å². The van der Waals surface area contributed by atoms with Gasteiger partial charge in [0.2, 0.25) is 0 Å². The smallest absolute Gasteiger partial charge is 0.269 e. The summed E-state index contributed by atoms with van der Waals surface area (Å²) >= 11 is 0. The number of nitrogens with one attached hydrogen (secondary N) is 1. The largest absolute Gasteiger partial charge is 0.497 e. The van der Waals surface area contributed by atoms with Gasteiger partial charge in [-0.2, -0.15) is 0 Å². The second-order valence-electron chi connectivity index (χ2n) is 6.12. The summed E-state index contributed by atoms with van der Waals surface area (Å²) in [7, 11) is 3.68. The average Bonchev–Trinajstić information content (AvgIpc) is 2.70. The van der Waals surface area contributed by atoms with Crippen LogP contribution in [0.15, 0.2) is 60.7 Å². The molecule has 1 aromatic heterocycles. The lowest BCUT2D eigenvalue weighted by Gasteiger charge is -2.19. The SMILES string of the molecule is COc1ccc2nc(C(=O)NCCCN(C)c3ccccc3)ccc2c1. The van der Waals surface area contributed by atoms with Crippen LogP contribution < -0.4 is 15.0 Å². The lowest BCUT2D eigenvalue weighted by Crippen LogP contribution is -2.28. The van der Waals surface area contributed by atoms with E-state index in [0.717, 1.165) is 29.6 Å². The van der Waals surface area contributed by atoms with Crippen LogP contribution in [0.3, 0.4) is 0 Å². The molecule has 5 nitrogen and oxygen atoms in total. The summed E-state index contributed by atoms with van der Waals surface area (Å²) in [6, 6.07) is 19.4. The highest BCUT2D eigenvalue weighted by Crippen LogP contribution is 2.19. The van der Waals surface area contributed by atoms with Gasteiger partial charge in [-0.1, -0.05) is 24.3 Å². The fourth-order valence-corrected chi connectivity index (χ4v) is 2.78. The maximum absolute atomic E-state index is 12.3. The van der Waals surface area contributed by atoms with Crippen molar-refractivity contribution >= 4 is 22.5 Å². The lowest BCUT2D eigenvalue weighted by atomic mass is 10.2. The first-order valence-electron chi connectivity index (χ1n) is 8.66. The van der Waals surface area contributed by atoms with Crippen molar-refractivity contribution < 1.29 is 9.53 Å². The van der Waals surface area contributed by atoms with E-state index in [1.807, 2.05) is 42.5 Å². The zero-order chi connectivity index (χ0) is 18.4. The molecule has 0 spiro atoms. The van der Waals surface area contributed by atoms with Gasteiger partial charge in [0.1, 0.15) is 11.4 Å². The number of methoxy groups -OCH3 is 1. The third-order valence-electron chi connectivity index (χ3n) is 4.28. The number of hydrogen-bond donors (Lipinski definition) is 1. The molecule has 26 heavy (non-hydrogen) atoms. The second kappa shape index (κ2) is 8.34. The van der Waals surface area contributed by atoms with Gasteiger partial charge in [0.25, 0.3) is 5.91 Å². The van der Waals surface area contributed by atoms with Crippen molar-refractivity contribution in [2.45, 2.75) is 6.42 Å². The van der Waals surface area contributed by atoms with Crippen LogP contribution in [0.5, 0.6) is 5.75 Å². The molecule has 1 heterocycles. The summed E-state index contributed by atoms with van der Waals surface area (Å²) in [6.45, 7) is 1.48. The molecule has 1 amide bonds. The molecule has 0 bridgehead atoms. The molecule has 0 aliphatic heterocycles. The molecule has 5 heteroatoms. The summed E-state index contributed by atoms with van der Waals surface area (Å²) in [5, 5.41) is 3.89. The number of hydrogen-bond acceptors (Lipinski definition) is 4. The quantitative estimate of drug-likeness (QED) is 0.663. The topological polar surface area (TPSA) is 54.5 Å². The minimum Gasteiger partial charge on any atom is -0.497 e. The number of fused-ring (bicyclic) bond motifs is 1. The van der Waals surface area contributed by atoms with Gasteiger partial charge in [-0.05, 0) is 42.8 Å². The van der Waals surface area contributed by atoms with Gasteiger partial charge < -0.3 is 15.0 Å². The summed E-state index contributed by atoms with van der Waals surface area (Å²) < 4.78 is 5.21. The first kappa shape index (κ1) is 17.7. The van der Waals surface area contributed by atoms with Gasteiger partial charge in [0, 0.05) is 31.2 Å². The van der Waals surface area contributed by atoms with Crippen molar-refractivity contribution in [3.05, 3.63) is 66.4 Å². The molecule has 3 rings (SSSR count). The number of para-hydroxylation sites is 1. The minimum atomic E-state index is -0.148. The Morgan fingerprint density at radius 3 is 2.69 bits per heavy atom. The highest BCUT2D eigenvalue weighted by atomic mass is 16.5. The number of pyridine rings is 1. The number of ether oxygens (including phenoxy) is 1. The van der Waals surface area contributed by atoms with E-state index in [-0.39, 0.29) is 5.91 Å². The standard InChI is InChI=1S/C21H23N3O2/c1-24(17-7-4-3-5-8-17)14-6-13-22-21(25)20-11-9-16-15-18(26-2)10-12-19(16)23-20/h3-5,7-12,15H,6,13-14H2,1-2H3,(H,22,25). The predicted octanol–water partition coefficient (Wildman–Crippen LogP) is 3.50. The molecule has 0 unspecified atom stereocenters. The third kappa shape index (κ3) is 4.30. The van der Waals surface area contributed by atoms with E-state index in [1.165, 1.54) is 5.69 Å². The van der Waals surface area contributed by atoms with Crippen LogP contribution in [0.1, 0.15) is 16.9 Å². The maximum Gasteiger partial charge on any atom is 0.269 e. The Hall–Kier alpha value is -3.08. The maximum atomic E-state index is 12.3. The van der Waals surface area contributed by atoms with Crippen LogP contribution in [0, 0.1) is 0 Å². The molecule has 0 radical (unpaired) electrons. The van der Waals surface area contributed by atoms with Crippen molar-refractivity contribution in [1.82, 2.24) is 10.3 Å². The molecular formula is C21H23N3O2. The van der Waals surface area contributed by atoms with Gasteiger partial charge in [-0.15, -0.1) is 0 Å². The number of carbonyl (C=O) groups excluding carboxylic acids is 1. The Morgan fingerprint density at radius 1 is 1.12 bits per heavy atom. The number of aromatic nitrogens is 1. The third-order valence-corrected chi connectivity index (χ3v) is 4.28. The molecule has 3 aromatic rings. The number of carbonyl (C=O) groups is 1. The van der Waals surface area contributed by atoms with Gasteiger partial charge in [0.15, 0.2) is 0 Å². The zero-order valence-corrected chi connectivity index (χ0v) is 15.1. The van der Waals surface area contributed by atoms with E-state index in [1.54, 1.807) is 13.2 Å². The highest BCUT2D eigenvalue weighted by molar-refractivity contribution is 5.95. The summed E-state index contributed by atoms with van der Waals surface area (Å²) in [4.78, 5) is 18.9. The van der Waals surface area contributed by atoms with Crippen LogP contribution in [0.2, 0.25) is 0 Å². The van der Waals surface area contributed by atoms with E-state index in [9.17, 15) is 4.79 Å². The van der Waals surface area contributed by atoms with Gasteiger partial charge >= 0.3 is 0 Å². The number of rotatable bonds is 7. The molecule has 0 atom stereocenters. The normalized spacial score (nSPS) is 10.5. The van der Waals surface area contributed by atoms with Crippen molar-refractivity contribution in [3.63, 3.8) is 0 Å². The Labute approximate surface area is 153 Å². The number of anilines is 1. The van der Waals surface area contributed by atoms with Crippen molar-refractivity contribution in [1.29, 1.82) is 0 Å². The van der Waals surface area contributed by atoms with Crippen molar-refractivity contribution in [2.75, 3.05) is 32.1 Å². The number of amides is 1. The van der Waals surface area contributed by atoms with Crippen LogP contribution in [-0.2, 0) is 0 Å². The first-order valence-corrected chi connectivity index (χ1v) is 8.66. The van der Waals surface area contributed by atoms with E-state index < -0.39 is 0 Å². The summed E-state index contributed by atoms with van der Waals surface area (Å²) in [5.74, 6) is 0.629. The first-order chi connectivity index (χ1) is 12.7. The fourth-order valence-electron chi connectivity index (χ4n) is 2.78. The summed E-state index contributed by atoms with van der Waals surface area (Å²) in [5.41, 5.74) is 2.38. The predicted molar refractivity (Wildman–Crippen MR) is 105 cm³/mol. The average molecular weight is 349 g/mol. The zero-order valence-electron chi connectivity index (χ0n) is 15.1. The molecule has 1 N–H and O–H groups in total. The van der Waals surface area contributed by atoms with Crippen LogP contribution in [0.4, 0.5) is 5.69 Å². The number of benzene rings is 2. The molecular weight excluding hydrogens is 326 g/mol. The Balaban J connectivity index is 1.52. The molecule has 134 valence electrons. The van der Waals surface area contributed by atoms with Crippen molar-refractivity contribution in [3.8, 4) is 5.75 Å². The van der Waals surface area contributed by atoms with Gasteiger partial charge in [0.05, 0.1) is 12.6 Å². The molecule has 0 aliphatic rings. The molecule has 2 aromatic carbocycles.